The van der Waals surface area contributed by atoms with E-state index in [9.17, 15) is 17.6 Å². The highest BCUT2D eigenvalue weighted by Crippen LogP contribution is 2.31. The van der Waals surface area contributed by atoms with Gasteiger partial charge in [0.15, 0.2) is 11.5 Å². The number of hydrogen-bond donors (Lipinski definition) is 1. The van der Waals surface area contributed by atoms with Crippen molar-refractivity contribution in [2.24, 2.45) is 0 Å². The lowest BCUT2D eigenvalue weighted by Crippen LogP contribution is -2.46. The van der Waals surface area contributed by atoms with Crippen molar-refractivity contribution in [3.05, 3.63) is 53.8 Å². The zero-order valence-corrected chi connectivity index (χ0v) is 19.8. The summed E-state index contributed by atoms with van der Waals surface area (Å²) in [4.78, 5) is 12.8. The number of amides is 1. The summed E-state index contributed by atoms with van der Waals surface area (Å²) in [5, 5.41) is 2.77. The summed E-state index contributed by atoms with van der Waals surface area (Å²) in [6.45, 7) is 5.84. The number of rotatable bonds is 11. The number of anilines is 1. The predicted molar refractivity (Wildman–Crippen MR) is 122 cm³/mol. The Morgan fingerprint density at radius 2 is 1.69 bits per heavy atom. The van der Waals surface area contributed by atoms with Crippen molar-refractivity contribution in [3.8, 4) is 11.5 Å². The molecular formula is C22H30FN3O5S. The molecular weight excluding hydrogens is 437 g/mol. The second-order valence-electron chi connectivity index (χ2n) is 7.11. The van der Waals surface area contributed by atoms with Gasteiger partial charge in [0, 0.05) is 14.1 Å². The molecule has 0 spiro atoms. The molecule has 0 aliphatic heterocycles. The number of carbonyl (C=O) groups is 1. The van der Waals surface area contributed by atoms with Crippen LogP contribution in [0.3, 0.4) is 0 Å². The van der Waals surface area contributed by atoms with E-state index in [4.69, 9.17) is 9.47 Å². The Morgan fingerprint density at radius 1 is 1.06 bits per heavy atom. The summed E-state index contributed by atoms with van der Waals surface area (Å²) in [5.74, 6) is -0.180. The van der Waals surface area contributed by atoms with E-state index < -0.39 is 34.5 Å². The van der Waals surface area contributed by atoms with Crippen molar-refractivity contribution < 1.29 is 27.1 Å². The lowest BCUT2D eigenvalue weighted by Gasteiger charge is -2.27. The van der Waals surface area contributed by atoms with Gasteiger partial charge in [-0.2, -0.15) is 12.7 Å². The Morgan fingerprint density at radius 3 is 2.28 bits per heavy atom. The minimum atomic E-state index is -4.11. The minimum absolute atomic E-state index is 0.205. The molecule has 0 aromatic heterocycles. The van der Waals surface area contributed by atoms with Gasteiger partial charge in [-0.25, -0.2) is 8.70 Å². The quantitative estimate of drug-likeness (QED) is 0.549. The highest BCUT2D eigenvalue weighted by Gasteiger charge is 2.29. The molecule has 0 heterocycles. The van der Waals surface area contributed by atoms with Gasteiger partial charge >= 0.3 is 10.2 Å². The van der Waals surface area contributed by atoms with Crippen molar-refractivity contribution in [2.45, 2.75) is 26.8 Å². The van der Waals surface area contributed by atoms with Crippen molar-refractivity contribution in [1.29, 1.82) is 0 Å². The monoisotopic (exact) mass is 467 g/mol. The highest BCUT2D eigenvalue weighted by atomic mass is 32.2. The predicted octanol–water partition coefficient (Wildman–Crippen LogP) is 3.11. The fourth-order valence-corrected chi connectivity index (χ4v) is 4.05. The molecule has 1 N–H and O–H groups in total. The molecule has 0 fully saturated rings. The molecule has 0 aliphatic carbocycles. The van der Waals surface area contributed by atoms with Gasteiger partial charge in [0.1, 0.15) is 12.4 Å². The second-order valence-corrected chi connectivity index (χ2v) is 9.18. The van der Waals surface area contributed by atoms with Gasteiger partial charge in [-0.3, -0.25) is 4.79 Å². The topological polar surface area (TPSA) is 88.2 Å². The first kappa shape index (κ1) is 25.4. The molecule has 1 amide bonds. The van der Waals surface area contributed by atoms with Gasteiger partial charge in [-0.15, -0.1) is 0 Å². The van der Waals surface area contributed by atoms with E-state index in [0.29, 0.717) is 24.7 Å². The summed E-state index contributed by atoms with van der Waals surface area (Å²) < 4.78 is 52.7. The second kappa shape index (κ2) is 11.1. The molecule has 1 atom stereocenters. The highest BCUT2D eigenvalue weighted by molar-refractivity contribution is 7.90. The summed E-state index contributed by atoms with van der Waals surface area (Å²) in [6, 6.07) is 10.3. The largest absolute Gasteiger partial charge is 0.490 e. The molecule has 0 bridgehead atoms. The molecule has 0 unspecified atom stereocenters. The standard InChI is InChI=1S/C22H30FN3O5S/c1-6-30-20-13-12-17(14-21(20)31-7-2)16(3)24-22(27)15-26(32(28,29)25(4)5)19-11-9-8-10-18(19)23/h8-14,16H,6-7,15H2,1-5H3,(H,24,27)/t16-/m1/s1. The molecule has 0 aliphatic rings. The molecule has 176 valence electrons. The molecule has 2 rings (SSSR count). The Labute approximate surface area is 189 Å². The molecule has 0 saturated carbocycles. The third-order valence-corrected chi connectivity index (χ3v) is 6.40. The maximum Gasteiger partial charge on any atom is 0.304 e. The number of ether oxygens (including phenoxy) is 2. The van der Waals surface area contributed by atoms with Crippen LogP contribution in [0, 0.1) is 5.82 Å². The molecule has 0 radical (unpaired) electrons. The van der Waals surface area contributed by atoms with Gasteiger partial charge in [0.2, 0.25) is 5.91 Å². The number of para-hydroxylation sites is 1. The van der Waals surface area contributed by atoms with Crippen molar-refractivity contribution in [1.82, 2.24) is 9.62 Å². The number of nitrogens with one attached hydrogen (secondary N) is 1. The van der Waals surface area contributed by atoms with Gasteiger partial charge in [0.05, 0.1) is 24.9 Å². The number of halogens is 1. The van der Waals surface area contributed by atoms with Gasteiger partial charge in [0.25, 0.3) is 0 Å². The number of benzene rings is 2. The molecule has 2 aromatic rings. The Bertz CT molecular complexity index is 1030. The molecule has 2 aromatic carbocycles. The van der Waals surface area contributed by atoms with Crippen LogP contribution in [0.15, 0.2) is 42.5 Å². The van der Waals surface area contributed by atoms with E-state index in [-0.39, 0.29) is 5.69 Å². The Kier molecular flexibility index (Phi) is 8.85. The molecule has 8 nitrogen and oxygen atoms in total. The van der Waals surface area contributed by atoms with Crippen LogP contribution in [-0.4, -0.2) is 52.5 Å². The van der Waals surface area contributed by atoms with Crippen molar-refractivity contribution in [2.75, 3.05) is 38.2 Å². The third-order valence-electron chi connectivity index (χ3n) is 4.59. The van der Waals surface area contributed by atoms with Crippen LogP contribution < -0.4 is 19.1 Å². The SMILES string of the molecule is CCOc1ccc([C@@H](C)NC(=O)CN(c2ccccc2F)S(=O)(=O)N(C)C)cc1OCC. The first-order valence-corrected chi connectivity index (χ1v) is 11.6. The van der Waals surface area contributed by atoms with Gasteiger partial charge in [-0.05, 0) is 50.6 Å². The van der Waals surface area contributed by atoms with Crippen LogP contribution in [0.2, 0.25) is 0 Å². The van der Waals surface area contributed by atoms with E-state index >= 15 is 0 Å². The van der Waals surface area contributed by atoms with Crippen LogP contribution in [0.1, 0.15) is 32.4 Å². The first-order valence-electron chi connectivity index (χ1n) is 10.2. The normalized spacial score (nSPS) is 12.3. The van der Waals surface area contributed by atoms with Gasteiger partial charge < -0.3 is 14.8 Å². The van der Waals surface area contributed by atoms with Crippen LogP contribution in [0.5, 0.6) is 11.5 Å². The van der Waals surface area contributed by atoms with Crippen LogP contribution in [0.25, 0.3) is 0 Å². The fraction of sp³-hybridized carbons (Fsp3) is 0.409. The summed E-state index contributed by atoms with van der Waals surface area (Å²) in [5.41, 5.74) is 0.543. The van der Waals surface area contributed by atoms with E-state index in [1.807, 2.05) is 13.8 Å². The Balaban J connectivity index is 2.24. The number of nitrogens with zero attached hydrogens (tertiary/aromatic N) is 2. The minimum Gasteiger partial charge on any atom is -0.490 e. The average Bonchev–Trinajstić information content (AvgIpc) is 2.74. The van der Waals surface area contributed by atoms with Crippen molar-refractivity contribution in [3.63, 3.8) is 0 Å². The maximum atomic E-state index is 14.3. The molecule has 0 saturated heterocycles. The average molecular weight is 468 g/mol. The van der Waals surface area contributed by atoms with Crippen molar-refractivity contribution >= 4 is 21.8 Å². The third kappa shape index (κ3) is 6.10. The van der Waals surface area contributed by atoms with E-state index in [1.165, 1.54) is 32.3 Å². The summed E-state index contributed by atoms with van der Waals surface area (Å²) in [7, 11) is -1.47. The number of hydrogen-bond acceptors (Lipinski definition) is 5. The first-order chi connectivity index (χ1) is 15.1. The smallest absolute Gasteiger partial charge is 0.304 e. The van der Waals surface area contributed by atoms with E-state index in [1.54, 1.807) is 25.1 Å². The zero-order chi connectivity index (χ0) is 23.9. The summed E-state index contributed by atoms with van der Waals surface area (Å²) in [6.07, 6.45) is 0. The van der Waals surface area contributed by atoms with Crippen LogP contribution in [-0.2, 0) is 15.0 Å². The lowest BCUT2D eigenvalue weighted by atomic mass is 10.1. The van der Waals surface area contributed by atoms with Gasteiger partial charge in [-0.1, -0.05) is 18.2 Å². The molecule has 10 heteroatoms. The zero-order valence-electron chi connectivity index (χ0n) is 19.0. The molecule has 32 heavy (non-hydrogen) atoms. The van der Waals surface area contributed by atoms with E-state index in [0.717, 1.165) is 20.2 Å². The van der Waals surface area contributed by atoms with Crippen LogP contribution >= 0.6 is 0 Å². The van der Waals surface area contributed by atoms with E-state index in [2.05, 4.69) is 5.32 Å². The number of carbonyl (C=O) groups excluding carboxylic acids is 1. The Hall–Kier alpha value is -2.85. The van der Waals surface area contributed by atoms with Crippen LogP contribution in [0.4, 0.5) is 10.1 Å². The lowest BCUT2D eigenvalue weighted by molar-refractivity contribution is -0.120. The maximum absolute atomic E-state index is 14.3. The summed E-state index contributed by atoms with van der Waals surface area (Å²) >= 11 is 0. The fourth-order valence-electron chi connectivity index (χ4n) is 2.98.